The van der Waals surface area contributed by atoms with E-state index in [0.29, 0.717) is 0 Å². The standard InChI is InChI=1S/C48H40N4O13P4/c53-39-26-10-15-31-44(39)60-50-66(62-45-32-16-11-27-40(45)54)49-69(64-47-34-18-13-29-42(47)56,65-48-35-19-14-30-43(48)57)52(59-37-22-6-2-7-23-37)68(61-38-24-8-3-9-25-38)51(58-36-20-4-1-5-21-36)67(50)63-46-33-17-12-28-41(46)55/h1-35,53-57H. The maximum absolute atomic E-state index is 11.5. The molecule has 350 valence electrons. The fraction of sp³-hybridized carbons (Fsp3) is 0. The van der Waals surface area contributed by atoms with Crippen LogP contribution in [0.25, 0.3) is 0 Å². The van der Waals surface area contributed by atoms with E-state index in [1.807, 2.05) is 0 Å². The number of para-hydroxylation sites is 13. The second kappa shape index (κ2) is 21.7. The van der Waals surface area contributed by atoms with Gasteiger partial charge in [-0.25, -0.2) is 0 Å². The summed E-state index contributed by atoms with van der Waals surface area (Å²) in [7, 11) is -13.6. The third-order valence-corrected chi connectivity index (χ3v) is 18.1. The van der Waals surface area contributed by atoms with E-state index in [0.717, 1.165) is 4.60 Å². The molecule has 1 heterocycles. The first-order valence-corrected chi connectivity index (χ1v) is 25.7. The molecule has 0 aromatic heterocycles. The van der Waals surface area contributed by atoms with Gasteiger partial charge in [-0.3, -0.25) is 0 Å². The zero-order chi connectivity index (χ0) is 47.6. The summed E-state index contributed by atoms with van der Waals surface area (Å²) in [6.45, 7) is 0. The molecule has 3 unspecified atom stereocenters. The SMILES string of the molecule is Oc1ccccc1ON1P(Oc2ccccc2O)N=P(Oc2ccccc2O)(Oc2ccccc2O)N(Oc2ccccc2)P(Oc2ccccc2)N(Oc2ccccc2)P1Oc1ccccc1O. The molecule has 0 fully saturated rings. The van der Waals surface area contributed by atoms with Crippen molar-refractivity contribution in [3.63, 3.8) is 0 Å². The lowest BCUT2D eigenvalue weighted by Gasteiger charge is -2.45. The van der Waals surface area contributed by atoms with Gasteiger partial charge in [-0.15, -0.1) is 4.52 Å². The minimum atomic E-state index is -4.81. The van der Waals surface area contributed by atoms with Crippen molar-refractivity contribution in [2.75, 3.05) is 0 Å². The maximum atomic E-state index is 11.5. The molecule has 0 saturated heterocycles. The van der Waals surface area contributed by atoms with Gasteiger partial charge in [0.15, 0.2) is 57.5 Å². The molecule has 17 nitrogen and oxygen atoms in total. The molecule has 0 spiro atoms. The zero-order valence-corrected chi connectivity index (χ0v) is 39.4. The molecule has 8 aromatic carbocycles. The van der Waals surface area contributed by atoms with Gasteiger partial charge in [0.25, 0.3) is 0 Å². The van der Waals surface area contributed by atoms with Crippen LogP contribution in [0.1, 0.15) is 0 Å². The van der Waals surface area contributed by atoms with Crippen LogP contribution in [-0.2, 0) is 0 Å². The van der Waals surface area contributed by atoms with Crippen molar-refractivity contribution >= 4 is 33.0 Å². The molecule has 21 heteroatoms. The predicted octanol–water partition coefficient (Wildman–Crippen LogP) is 13.4. The molecule has 8 aromatic rings. The highest BCUT2D eigenvalue weighted by atomic mass is 31.3. The first-order chi connectivity index (χ1) is 33.7. The molecular weight excluding hydrogens is 964 g/mol. The molecule has 1 aliphatic rings. The maximum Gasteiger partial charge on any atom is 0.447 e. The number of hydrogen-bond acceptors (Lipinski definition) is 17. The van der Waals surface area contributed by atoms with E-state index in [1.54, 1.807) is 152 Å². The third-order valence-electron chi connectivity index (χ3n) is 9.23. The Morgan fingerprint density at radius 1 is 0.333 bits per heavy atom. The summed E-state index contributed by atoms with van der Waals surface area (Å²) in [6.07, 6.45) is 0. The summed E-state index contributed by atoms with van der Waals surface area (Å²) in [5, 5.41) is 57.3. The van der Waals surface area contributed by atoms with E-state index < -0.39 is 33.0 Å². The Morgan fingerprint density at radius 3 is 1.17 bits per heavy atom. The Balaban J connectivity index is 1.44. The smallest absolute Gasteiger partial charge is 0.447 e. The predicted molar refractivity (Wildman–Crippen MR) is 261 cm³/mol. The molecule has 1 aliphatic heterocycles. The molecule has 0 amide bonds. The van der Waals surface area contributed by atoms with Crippen molar-refractivity contribution in [3.8, 4) is 74.7 Å². The van der Waals surface area contributed by atoms with Gasteiger partial charge in [0.1, 0.15) is 17.2 Å². The number of aromatic hydroxyl groups is 5. The highest BCUT2D eigenvalue weighted by Crippen LogP contribution is 2.79. The van der Waals surface area contributed by atoms with Crippen molar-refractivity contribution in [3.05, 3.63) is 212 Å². The quantitative estimate of drug-likeness (QED) is 0.0573. The van der Waals surface area contributed by atoms with E-state index in [9.17, 15) is 25.5 Å². The summed E-state index contributed by atoms with van der Waals surface area (Å²) >= 11 is 0. The van der Waals surface area contributed by atoms with Crippen molar-refractivity contribution in [1.82, 2.24) is 13.8 Å². The Hall–Kier alpha value is -7.44. The summed E-state index contributed by atoms with van der Waals surface area (Å²) in [5.74, 6) is -1.60. The summed E-state index contributed by atoms with van der Waals surface area (Å²) in [6, 6.07) is 56.3. The average molecular weight is 1000 g/mol. The summed E-state index contributed by atoms with van der Waals surface area (Å²) < 4.78 is 43.7. The Bertz CT molecular complexity index is 2980. The van der Waals surface area contributed by atoms with Crippen LogP contribution < -0.4 is 37.1 Å². The normalized spacial score (nSPS) is 17.2. The molecule has 0 radical (unpaired) electrons. The highest BCUT2D eigenvalue weighted by Gasteiger charge is 2.60. The van der Waals surface area contributed by atoms with Gasteiger partial charge in [-0.2, -0.15) is 0 Å². The topological polar surface area (TPSA) is 197 Å². The van der Waals surface area contributed by atoms with Crippen LogP contribution in [0, 0.1) is 0 Å². The number of hydrogen-bond donors (Lipinski definition) is 5. The molecule has 5 N–H and O–H groups in total. The fourth-order valence-electron chi connectivity index (χ4n) is 5.99. The van der Waals surface area contributed by atoms with Crippen LogP contribution in [0.2, 0.25) is 0 Å². The number of phenolic OH excluding ortho intramolecular Hbond substituents is 5. The van der Waals surface area contributed by atoms with E-state index >= 15 is 0 Å². The number of rotatable bonds is 16. The summed E-state index contributed by atoms with van der Waals surface area (Å²) in [5.41, 5.74) is 0. The Labute approximate surface area is 399 Å². The lowest BCUT2D eigenvalue weighted by molar-refractivity contribution is 0.0367. The van der Waals surface area contributed by atoms with Gasteiger partial charge in [-0.1, -0.05) is 115 Å². The molecule has 69 heavy (non-hydrogen) atoms. The van der Waals surface area contributed by atoms with E-state index in [-0.39, 0.29) is 74.7 Å². The van der Waals surface area contributed by atoms with Crippen LogP contribution in [0.5, 0.6) is 74.7 Å². The van der Waals surface area contributed by atoms with Crippen LogP contribution in [0.4, 0.5) is 0 Å². The molecule has 0 saturated carbocycles. The Morgan fingerprint density at radius 2 is 0.710 bits per heavy atom. The largest absolute Gasteiger partial charge is 0.504 e. The van der Waals surface area contributed by atoms with Gasteiger partial charge >= 0.3 is 33.0 Å². The first-order valence-electron chi connectivity index (χ1n) is 20.7. The highest BCUT2D eigenvalue weighted by molar-refractivity contribution is 7.78. The third kappa shape index (κ3) is 11.1. The summed E-state index contributed by atoms with van der Waals surface area (Å²) in [4.78, 5) is 20.7. The van der Waals surface area contributed by atoms with Crippen molar-refractivity contribution in [2.24, 2.45) is 4.52 Å². The molecule has 9 rings (SSSR count). The molecule has 0 bridgehead atoms. The fourth-order valence-corrected chi connectivity index (χ4v) is 15.8. The van der Waals surface area contributed by atoms with Crippen LogP contribution in [-0.4, -0.2) is 39.3 Å². The van der Waals surface area contributed by atoms with Gasteiger partial charge in [0.05, 0.1) is 0 Å². The lowest BCUT2D eigenvalue weighted by atomic mass is 10.3. The second-order valence-corrected chi connectivity index (χ2v) is 21.4. The van der Waals surface area contributed by atoms with Crippen molar-refractivity contribution in [2.45, 2.75) is 0 Å². The van der Waals surface area contributed by atoms with Gasteiger partial charge in [0, 0.05) is 13.8 Å². The van der Waals surface area contributed by atoms with Crippen molar-refractivity contribution < 1.29 is 62.7 Å². The van der Waals surface area contributed by atoms with E-state index in [1.165, 1.54) is 69.9 Å². The minimum Gasteiger partial charge on any atom is -0.504 e. The number of benzene rings is 8. The monoisotopic (exact) mass is 1000 g/mol. The van der Waals surface area contributed by atoms with Crippen molar-refractivity contribution in [1.29, 1.82) is 0 Å². The van der Waals surface area contributed by atoms with Gasteiger partial charge in [-0.05, 0) is 97.1 Å². The van der Waals surface area contributed by atoms with Gasteiger partial charge in [0.2, 0.25) is 0 Å². The second-order valence-electron chi connectivity index (χ2n) is 14.1. The van der Waals surface area contributed by atoms with Gasteiger partial charge < -0.3 is 62.7 Å². The first kappa shape index (κ1) is 46.7. The van der Waals surface area contributed by atoms with Crippen LogP contribution in [0.15, 0.2) is 217 Å². The van der Waals surface area contributed by atoms with E-state index in [2.05, 4.69) is 0 Å². The van der Waals surface area contributed by atoms with E-state index in [4.69, 9.17) is 41.6 Å². The van der Waals surface area contributed by atoms with Crippen LogP contribution >= 0.6 is 33.0 Å². The molecular formula is C48H40N4O13P4. The Kier molecular flexibility index (Phi) is 14.7. The van der Waals surface area contributed by atoms with Crippen LogP contribution in [0.3, 0.4) is 0 Å². The molecule has 0 aliphatic carbocycles. The molecule has 3 atom stereocenters. The number of phenols is 5. The number of nitrogens with zero attached hydrogens (tertiary/aromatic N) is 4. The average Bonchev–Trinajstić information content (AvgIpc) is 3.37. The lowest BCUT2D eigenvalue weighted by Crippen LogP contribution is -2.39. The zero-order valence-electron chi connectivity index (χ0n) is 35.8. The minimum absolute atomic E-state index is 0.0728.